The number of amides is 1. The van der Waals surface area contributed by atoms with Crippen molar-refractivity contribution in [1.29, 1.82) is 0 Å². The highest BCUT2D eigenvalue weighted by atomic mass is 32.2. The molecule has 0 aliphatic heterocycles. The molecule has 0 radical (unpaired) electrons. The van der Waals surface area contributed by atoms with Gasteiger partial charge in [0.25, 0.3) is 5.56 Å². The Morgan fingerprint density at radius 2 is 1.52 bits per heavy atom. The maximum Gasteiger partial charge on any atom is 0.262 e. The van der Waals surface area contributed by atoms with Crippen molar-refractivity contribution in [2.24, 2.45) is 0 Å². The first-order valence-electron chi connectivity index (χ1n) is 11.2. The highest BCUT2D eigenvalue weighted by Crippen LogP contribution is 2.37. The van der Waals surface area contributed by atoms with Gasteiger partial charge in [-0.2, -0.15) is 0 Å². The van der Waals surface area contributed by atoms with Crippen LogP contribution < -0.4 is 10.9 Å². The molecular formula is C27H25N3O2S. The van der Waals surface area contributed by atoms with E-state index in [0.717, 1.165) is 24.0 Å². The molecule has 5 nitrogen and oxygen atoms in total. The number of fused-ring (bicyclic) bond motifs is 1. The zero-order chi connectivity index (χ0) is 22.8. The molecule has 1 amide bonds. The fourth-order valence-electron chi connectivity index (χ4n) is 3.98. The topological polar surface area (TPSA) is 64.0 Å². The monoisotopic (exact) mass is 455 g/mol. The summed E-state index contributed by atoms with van der Waals surface area (Å²) in [7, 11) is 0. The largest absolute Gasteiger partial charge is 0.344 e. The fraction of sp³-hybridized carbons (Fsp3) is 0.222. The smallest absolute Gasteiger partial charge is 0.262 e. The van der Waals surface area contributed by atoms with E-state index in [1.165, 1.54) is 11.8 Å². The van der Waals surface area contributed by atoms with Gasteiger partial charge in [-0.25, -0.2) is 4.98 Å². The van der Waals surface area contributed by atoms with Crippen LogP contribution >= 0.6 is 11.8 Å². The predicted octanol–water partition coefficient (Wildman–Crippen LogP) is 5.12. The third-order valence-electron chi connectivity index (χ3n) is 5.89. The first-order valence-corrected chi connectivity index (χ1v) is 12.1. The van der Waals surface area contributed by atoms with Gasteiger partial charge in [0.2, 0.25) is 5.91 Å². The molecule has 1 unspecified atom stereocenters. The summed E-state index contributed by atoms with van der Waals surface area (Å²) in [6.45, 7) is 1.87. The van der Waals surface area contributed by atoms with Crippen LogP contribution in [-0.4, -0.2) is 20.7 Å². The standard InChI is InChI=1S/C27H25N3O2S/c1-18(25(31)29-24(19-10-4-2-5-11-19)20-12-6-3-7-13-20)33-27-28-23-15-9-8-14-22(23)26(32)30(27)21-16-17-21/h2-15,18,21,24H,16-17H2,1H3,(H,29,31). The van der Waals surface area contributed by atoms with E-state index >= 15 is 0 Å². The van der Waals surface area contributed by atoms with Crippen molar-refractivity contribution in [3.8, 4) is 0 Å². The van der Waals surface area contributed by atoms with Crippen molar-refractivity contribution in [3.63, 3.8) is 0 Å². The molecule has 1 N–H and O–H groups in total. The molecular weight excluding hydrogens is 430 g/mol. The van der Waals surface area contributed by atoms with Crippen molar-refractivity contribution in [3.05, 3.63) is 106 Å². The van der Waals surface area contributed by atoms with Gasteiger partial charge in [-0.3, -0.25) is 14.2 Å². The van der Waals surface area contributed by atoms with E-state index in [2.05, 4.69) is 5.32 Å². The summed E-state index contributed by atoms with van der Waals surface area (Å²) in [4.78, 5) is 31.2. The number of para-hydroxylation sites is 1. The molecule has 33 heavy (non-hydrogen) atoms. The third kappa shape index (κ3) is 4.57. The first kappa shape index (κ1) is 21.5. The van der Waals surface area contributed by atoms with Crippen molar-refractivity contribution < 1.29 is 4.79 Å². The van der Waals surface area contributed by atoms with Gasteiger partial charge in [0.1, 0.15) is 0 Å². The third-order valence-corrected chi connectivity index (χ3v) is 6.96. The van der Waals surface area contributed by atoms with Crippen molar-refractivity contribution in [2.45, 2.75) is 42.3 Å². The molecule has 0 spiro atoms. The summed E-state index contributed by atoms with van der Waals surface area (Å²) >= 11 is 1.35. The second-order valence-electron chi connectivity index (χ2n) is 8.34. The molecule has 1 aliphatic carbocycles. The Kier molecular flexibility index (Phi) is 6.01. The second kappa shape index (κ2) is 9.24. The van der Waals surface area contributed by atoms with Crippen LogP contribution in [0.2, 0.25) is 0 Å². The molecule has 1 aliphatic rings. The van der Waals surface area contributed by atoms with Gasteiger partial charge < -0.3 is 5.32 Å². The molecule has 1 aromatic heterocycles. The summed E-state index contributed by atoms with van der Waals surface area (Å²) < 4.78 is 1.78. The number of benzene rings is 3. The molecule has 4 aromatic rings. The average Bonchev–Trinajstić information content (AvgIpc) is 3.69. The van der Waals surface area contributed by atoms with Crippen LogP contribution in [-0.2, 0) is 4.79 Å². The molecule has 6 heteroatoms. The lowest BCUT2D eigenvalue weighted by Gasteiger charge is -2.22. The van der Waals surface area contributed by atoms with Crippen LogP contribution in [0.4, 0.5) is 0 Å². The van der Waals surface area contributed by atoms with E-state index in [0.29, 0.717) is 16.1 Å². The van der Waals surface area contributed by atoms with Crippen LogP contribution in [0.5, 0.6) is 0 Å². The molecule has 1 heterocycles. The van der Waals surface area contributed by atoms with Gasteiger partial charge in [0.15, 0.2) is 5.16 Å². The molecule has 0 saturated heterocycles. The quantitative estimate of drug-likeness (QED) is 0.310. The van der Waals surface area contributed by atoms with E-state index in [9.17, 15) is 9.59 Å². The number of rotatable bonds is 7. The normalized spacial score (nSPS) is 14.4. The van der Waals surface area contributed by atoms with Gasteiger partial charge in [-0.1, -0.05) is 84.6 Å². The number of nitrogens with one attached hydrogen (secondary N) is 1. The molecule has 1 fully saturated rings. The molecule has 166 valence electrons. The van der Waals surface area contributed by atoms with Crippen LogP contribution in [0.1, 0.15) is 43.0 Å². The summed E-state index contributed by atoms with van der Waals surface area (Å²) in [5.74, 6) is -0.0949. The van der Waals surface area contributed by atoms with Crippen LogP contribution in [0, 0.1) is 0 Å². The molecule has 0 bridgehead atoms. The Morgan fingerprint density at radius 3 is 2.12 bits per heavy atom. The van der Waals surface area contributed by atoms with Crippen molar-refractivity contribution in [1.82, 2.24) is 14.9 Å². The Bertz CT molecular complexity index is 1290. The Labute approximate surface area is 196 Å². The maximum atomic E-state index is 13.3. The number of aromatic nitrogens is 2. The van der Waals surface area contributed by atoms with Gasteiger partial charge >= 0.3 is 0 Å². The van der Waals surface area contributed by atoms with Crippen LogP contribution in [0.3, 0.4) is 0 Å². The Balaban J connectivity index is 1.42. The van der Waals surface area contributed by atoms with E-state index in [-0.39, 0.29) is 23.6 Å². The summed E-state index contributed by atoms with van der Waals surface area (Å²) in [6, 6.07) is 27.2. The van der Waals surface area contributed by atoms with Crippen molar-refractivity contribution >= 4 is 28.6 Å². The number of hydrogen-bond donors (Lipinski definition) is 1. The zero-order valence-corrected chi connectivity index (χ0v) is 19.2. The lowest BCUT2D eigenvalue weighted by atomic mass is 9.98. The summed E-state index contributed by atoms with van der Waals surface area (Å²) in [5.41, 5.74) is 2.69. The number of nitrogens with zero attached hydrogens (tertiary/aromatic N) is 2. The minimum Gasteiger partial charge on any atom is -0.344 e. The van der Waals surface area contributed by atoms with Gasteiger partial charge in [-0.05, 0) is 43.0 Å². The van der Waals surface area contributed by atoms with Crippen LogP contribution in [0.25, 0.3) is 10.9 Å². The van der Waals surface area contributed by atoms with E-state index < -0.39 is 5.25 Å². The van der Waals surface area contributed by atoms with E-state index in [1.807, 2.05) is 91.9 Å². The SMILES string of the molecule is CC(Sc1nc2ccccc2c(=O)n1C1CC1)C(=O)NC(c1ccccc1)c1ccccc1. The molecule has 5 rings (SSSR count). The lowest BCUT2D eigenvalue weighted by molar-refractivity contribution is -0.120. The Morgan fingerprint density at radius 1 is 0.939 bits per heavy atom. The summed E-state index contributed by atoms with van der Waals surface area (Å²) in [6.07, 6.45) is 1.94. The predicted molar refractivity (Wildman–Crippen MR) is 132 cm³/mol. The van der Waals surface area contributed by atoms with Crippen LogP contribution in [0.15, 0.2) is 94.9 Å². The second-order valence-corrected chi connectivity index (χ2v) is 9.65. The first-order chi connectivity index (χ1) is 16.1. The highest BCUT2D eigenvalue weighted by molar-refractivity contribution is 8.00. The summed E-state index contributed by atoms with van der Waals surface area (Å²) in [5, 5.41) is 4.03. The molecule has 3 aromatic carbocycles. The minimum absolute atomic E-state index is 0.0235. The number of carbonyl (C=O) groups excluding carboxylic acids is 1. The Hall–Kier alpha value is -3.38. The van der Waals surface area contributed by atoms with Gasteiger partial charge in [-0.15, -0.1) is 0 Å². The fourth-order valence-corrected chi connectivity index (χ4v) is 4.97. The number of hydrogen-bond acceptors (Lipinski definition) is 4. The van der Waals surface area contributed by atoms with Gasteiger partial charge in [0, 0.05) is 6.04 Å². The zero-order valence-electron chi connectivity index (χ0n) is 18.3. The van der Waals surface area contributed by atoms with Gasteiger partial charge in [0.05, 0.1) is 22.2 Å². The minimum atomic E-state index is -0.419. The molecule has 1 saturated carbocycles. The van der Waals surface area contributed by atoms with E-state index in [1.54, 1.807) is 4.57 Å². The number of carbonyl (C=O) groups is 1. The molecule has 1 atom stereocenters. The maximum absolute atomic E-state index is 13.3. The lowest BCUT2D eigenvalue weighted by Crippen LogP contribution is -2.35. The number of thioether (sulfide) groups is 1. The highest BCUT2D eigenvalue weighted by Gasteiger charge is 2.30. The average molecular weight is 456 g/mol. The van der Waals surface area contributed by atoms with Crippen molar-refractivity contribution in [2.75, 3.05) is 0 Å². The van der Waals surface area contributed by atoms with E-state index in [4.69, 9.17) is 4.98 Å².